The van der Waals surface area contributed by atoms with Crippen molar-refractivity contribution < 1.29 is 18.7 Å². The molecular formula is C18H26N2O4. The molecule has 1 amide bonds. The van der Waals surface area contributed by atoms with E-state index in [0.29, 0.717) is 24.8 Å². The molecule has 2 fully saturated rings. The molecule has 1 aromatic heterocycles. The lowest BCUT2D eigenvalue weighted by Crippen LogP contribution is -2.47. The quantitative estimate of drug-likeness (QED) is 0.795. The molecule has 1 saturated heterocycles. The van der Waals surface area contributed by atoms with E-state index >= 15 is 0 Å². The Morgan fingerprint density at radius 2 is 2.00 bits per heavy atom. The summed E-state index contributed by atoms with van der Waals surface area (Å²) in [7, 11) is 0. The number of likely N-dealkylation sites (tertiary alicyclic amines) is 1. The standard InChI is InChI=1S/C18H26N2O4/c1-11-7-13(17(22)24-18(2,3)4)9-20(8-11)16(21)15-14(12-5-6-12)19-10-23-15/h10-13H,5-9H2,1-4H3/t11-,13+/m1/s1. The molecule has 3 rings (SSSR count). The van der Waals surface area contributed by atoms with Crippen LogP contribution in [0.2, 0.25) is 0 Å². The van der Waals surface area contributed by atoms with Crippen LogP contribution in [0.15, 0.2) is 10.8 Å². The molecule has 2 atom stereocenters. The molecule has 0 spiro atoms. The highest BCUT2D eigenvalue weighted by Crippen LogP contribution is 2.41. The van der Waals surface area contributed by atoms with Crippen LogP contribution in [0, 0.1) is 11.8 Å². The Morgan fingerprint density at radius 1 is 1.29 bits per heavy atom. The van der Waals surface area contributed by atoms with Gasteiger partial charge < -0.3 is 14.1 Å². The second-order valence-corrected chi connectivity index (χ2v) is 8.12. The number of carbonyl (C=O) groups excluding carboxylic acids is 2. The van der Waals surface area contributed by atoms with Crippen molar-refractivity contribution in [2.45, 2.75) is 58.5 Å². The molecule has 1 aromatic rings. The minimum Gasteiger partial charge on any atom is -0.460 e. The predicted octanol–water partition coefficient (Wildman–Crippen LogP) is 2.99. The first-order valence-corrected chi connectivity index (χ1v) is 8.70. The monoisotopic (exact) mass is 334 g/mol. The van der Waals surface area contributed by atoms with Crippen molar-refractivity contribution in [1.82, 2.24) is 9.88 Å². The SMILES string of the molecule is C[C@@H]1C[C@H](C(=O)OC(C)(C)C)CN(C(=O)c2ocnc2C2CC2)C1. The third kappa shape index (κ3) is 3.79. The molecule has 1 saturated carbocycles. The van der Waals surface area contributed by atoms with Crippen molar-refractivity contribution in [3.05, 3.63) is 17.8 Å². The van der Waals surface area contributed by atoms with Crippen molar-refractivity contribution in [1.29, 1.82) is 0 Å². The summed E-state index contributed by atoms with van der Waals surface area (Å²) in [5, 5.41) is 0. The number of aromatic nitrogens is 1. The number of oxazole rings is 1. The number of amides is 1. The van der Waals surface area contributed by atoms with Crippen LogP contribution in [0.1, 0.15) is 69.1 Å². The fraction of sp³-hybridized carbons (Fsp3) is 0.722. The van der Waals surface area contributed by atoms with Crippen molar-refractivity contribution in [2.24, 2.45) is 11.8 Å². The summed E-state index contributed by atoms with van der Waals surface area (Å²) in [5.74, 6) is 0.263. The maximum Gasteiger partial charge on any atom is 0.311 e. The fourth-order valence-electron chi connectivity index (χ4n) is 3.28. The van der Waals surface area contributed by atoms with E-state index in [2.05, 4.69) is 11.9 Å². The number of rotatable bonds is 3. The molecule has 6 heteroatoms. The summed E-state index contributed by atoms with van der Waals surface area (Å²) in [6, 6.07) is 0. The van der Waals surface area contributed by atoms with Crippen LogP contribution >= 0.6 is 0 Å². The van der Waals surface area contributed by atoms with Gasteiger partial charge in [-0.3, -0.25) is 9.59 Å². The van der Waals surface area contributed by atoms with Gasteiger partial charge in [0.25, 0.3) is 5.91 Å². The zero-order chi connectivity index (χ0) is 17.5. The number of piperidine rings is 1. The highest BCUT2D eigenvalue weighted by atomic mass is 16.6. The summed E-state index contributed by atoms with van der Waals surface area (Å²) in [4.78, 5) is 31.2. The van der Waals surface area contributed by atoms with Gasteiger partial charge in [0.2, 0.25) is 5.76 Å². The number of nitrogens with zero attached hydrogens (tertiary/aromatic N) is 2. The second kappa shape index (κ2) is 6.22. The smallest absolute Gasteiger partial charge is 0.311 e. The average Bonchev–Trinajstić information content (AvgIpc) is 3.21. The minimum absolute atomic E-state index is 0.158. The first-order valence-electron chi connectivity index (χ1n) is 8.70. The zero-order valence-electron chi connectivity index (χ0n) is 14.9. The van der Waals surface area contributed by atoms with Crippen molar-refractivity contribution in [3.63, 3.8) is 0 Å². The van der Waals surface area contributed by atoms with Crippen molar-refractivity contribution in [2.75, 3.05) is 13.1 Å². The van der Waals surface area contributed by atoms with Crippen molar-refractivity contribution in [3.8, 4) is 0 Å². The maximum absolute atomic E-state index is 12.9. The lowest BCUT2D eigenvalue weighted by Gasteiger charge is -2.36. The van der Waals surface area contributed by atoms with Crippen LogP contribution in [0.4, 0.5) is 0 Å². The van der Waals surface area contributed by atoms with Crippen LogP contribution in [0.3, 0.4) is 0 Å². The average molecular weight is 334 g/mol. The van der Waals surface area contributed by atoms with Gasteiger partial charge in [-0.15, -0.1) is 0 Å². The van der Waals surface area contributed by atoms with Crippen LogP contribution in [-0.4, -0.2) is 40.5 Å². The highest BCUT2D eigenvalue weighted by Gasteiger charge is 2.38. The van der Waals surface area contributed by atoms with Gasteiger partial charge in [-0.25, -0.2) is 4.98 Å². The van der Waals surface area contributed by atoms with E-state index in [-0.39, 0.29) is 23.7 Å². The first-order chi connectivity index (χ1) is 11.2. The Kier molecular flexibility index (Phi) is 4.40. The molecule has 132 valence electrons. The second-order valence-electron chi connectivity index (χ2n) is 8.12. The van der Waals surface area contributed by atoms with Gasteiger partial charge >= 0.3 is 5.97 Å². The number of hydrogen-bond donors (Lipinski definition) is 0. The Bertz CT molecular complexity index is 627. The van der Waals surface area contributed by atoms with Gasteiger partial charge in [-0.05, 0) is 46.0 Å². The summed E-state index contributed by atoms with van der Waals surface area (Å²) < 4.78 is 10.9. The summed E-state index contributed by atoms with van der Waals surface area (Å²) in [6.45, 7) is 8.63. The molecule has 0 N–H and O–H groups in total. The van der Waals surface area contributed by atoms with E-state index < -0.39 is 5.60 Å². The third-order valence-corrected chi connectivity index (χ3v) is 4.44. The molecule has 0 unspecified atom stereocenters. The molecular weight excluding hydrogens is 308 g/mol. The molecule has 2 heterocycles. The molecule has 6 nitrogen and oxygen atoms in total. The number of hydrogen-bond acceptors (Lipinski definition) is 5. The third-order valence-electron chi connectivity index (χ3n) is 4.44. The first kappa shape index (κ1) is 17.0. The van der Waals surface area contributed by atoms with Gasteiger partial charge in [-0.2, -0.15) is 0 Å². The van der Waals surface area contributed by atoms with Gasteiger partial charge in [0.15, 0.2) is 6.39 Å². The van der Waals surface area contributed by atoms with Crippen LogP contribution in [0.5, 0.6) is 0 Å². The van der Waals surface area contributed by atoms with Crippen LogP contribution < -0.4 is 0 Å². The molecule has 1 aliphatic heterocycles. The van der Waals surface area contributed by atoms with E-state index in [1.54, 1.807) is 4.90 Å². The van der Waals surface area contributed by atoms with E-state index in [9.17, 15) is 9.59 Å². The maximum atomic E-state index is 12.9. The Hall–Kier alpha value is -1.85. The molecule has 24 heavy (non-hydrogen) atoms. The van der Waals surface area contributed by atoms with Crippen LogP contribution in [0.25, 0.3) is 0 Å². The Balaban J connectivity index is 1.72. The van der Waals surface area contributed by atoms with E-state index in [1.165, 1.54) is 6.39 Å². The molecule has 0 aromatic carbocycles. The van der Waals surface area contributed by atoms with Gasteiger partial charge in [-0.1, -0.05) is 6.92 Å². The van der Waals surface area contributed by atoms with Crippen molar-refractivity contribution >= 4 is 11.9 Å². The Labute approximate surface area is 142 Å². The lowest BCUT2D eigenvalue weighted by atomic mass is 9.90. The number of esters is 1. The summed E-state index contributed by atoms with van der Waals surface area (Å²) in [5.41, 5.74) is 0.253. The lowest BCUT2D eigenvalue weighted by molar-refractivity contribution is -0.162. The topological polar surface area (TPSA) is 72.6 Å². The molecule has 0 bridgehead atoms. The van der Waals surface area contributed by atoms with E-state index in [0.717, 1.165) is 25.0 Å². The number of carbonyl (C=O) groups is 2. The molecule has 2 aliphatic rings. The largest absolute Gasteiger partial charge is 0.460 e. The fourth-order valence-corrected chi connectivity index (χ4v) is 3.28. The highest BCUT2D eigenvalue weighted by molar-refractivity contribution is 5.93. The summed E-state index contributed by atoms with van der Waals surface area (Å²) >= 11 is 0. The van der Waals surface area contributed by atoms with Gasteiger partial charge in [0.1, 0.15) is 5.60 Å². The van der Waals surface area contributed by atoms with Crippen LogP contribution in [-0.2, 0) is 9.53 Å². The summed E-state index contributed by atoms with van der Waals surface area (Å²) in [6.07, 6.45) is 4.21. The zero-order valence-corrected chi connectivity index (χ0v) is 14.9. The van der Waals surface area contributed by atoms with Gasteiger partial charge in [0.05, 0.1) is 11.6 Å². The molecule has 0 radical (unpaired) electrons. The predicted molar refractivity (Wildman–Crippen MR) is 87.5 cm³/mol. The minimum atomic E-state index is -0.517. The normalized spacial score (nSPS) is 24.8. The van der Waals surface area contributed by atoms with E-state index in [4.69, 9.17) is 9.15 Å². The molecule has 1 aliphatic carbocycles. The number of ether oxygens (including phenoxy) is 1. The Morgan fingerprint density at radius 3 is 2.62 bits per heavy atom. The van der Waals surface area contributed by atoms with E-state index in [1.807, 2.05) is 20.8 Å². The van der Waals surface area contributed by atoms with Gasteiger partial charge in [0, 0.05) is 19.0 Å².